The van der Waals surface area contributed by atoms with Crippen LogP contribution >= 0.6 is 12.6 Å². The van der Waals surface area contributed by atoms with Gasteiger partial charge in [0.25, 0.3) is 5.69 Å². The smallest absolute Gasteiger partial charge is 0.258 e. The molecule has 3 nitrogen and oxygen atoms in total. The summed E-state index contributed by atoms with van der Waals surface area (Å²) >= 11 is 4.72. The number of benzene rings is 1. The minimum Gasteiger partial charge on any atom is -0.258 e. The zero-order valence-electron chi connectivity index (χ0n) is 5.69. The first kappa shape index (κ1) is 8.07. The van der Waals surface area contributed by atoms with Crippen molar-refractivity contribution in [1.29, 1.82) is 0 Å². The summed E-state index contributed by atoms with van der Waals surface area (Å²) < 4.78 is 0. The van der Waals surface area contributed by atoms with E-state index in [0.29, 0.717) is 5.56 Å². The van der Waals surface area contributed by atoms with Gasteiger partial charge in [0, 0.05) is 17.4 Å². The van der Waals surface area contributed by atoms with E-state index in [0.717, 1.165) is 0 Å². The summed E-state index contributed by atoms with van der Waals surface area (Å²) in [6.07, 6.45) is 0. The summed E-state index contributed by atoms with van der Waals surface area (Å²) in [5, 5.41) is 10.3. The molecule has 0 aliphatic heterocycles. The van der Waals surface area contributed by atoms with Gasteiger partial charge in [0.2, 0.25) is 0 Å². The fraction of sp³-hybridized carbons (Fsp3) is 0.143. The monoisotopic (exact) mass is 168 g/mol. The number of nitrogens with zero attached hydrogens (tertiary/aromatic N) is 1. The normalized spacial score (nSPS) is 9.55. The van der Waals surface area contributed by atoms with Gasteiger partial charge >= 0.3 is 0 Å². The molecule has 0 aromatic heterocycles. The van der Waals surface area contributed by atoms with E-state index < -0.39 is 4.92 Å². The van der Waals surface area contributed by atoms with Gasteiger partial charge in [-0.05, 0) is 0 Å². The minimum absolute atomic E-state index is 0.113. The highest BCUT2D eigenvalue weighted by Crippen LogP contribution is 2.18. The van der Waals surface area contributed by atoms with Crippen molar-refractivity contribution >= 4 is 18.3 Å². The van der Waals surface area contributed by atoms with Crippen LogP contribution in [-0.4, -0.2) is 4.92 Å². The van der Waals surface area contributed by atoms with E-state index >= 15 is 0 Å². The summed E-state index contributed by atoms with van der Waals surface area (Å²) in [6, 6.07) is 6.51. The van der Waals surface area contributed by atoms with Gasteiger partial charge in [-0.2, -0.15) is 0 Å². The van der Waals surface area contributed by atoms with Crippen molar-refractivity contribution in [2.75, 3.05) is 0 Å². The third-order valence-electron chi connectivity index (χ3n) is 1.34. The van der Waals surface area contributed by atoms with E-state index in [9.17, 15) is 10.1 Å². The molecule has 0 unspecified atom stereocenters. The van der Waals surface area contributed by atoms with Crippen LogP contribution in [0.4, 0.5) is 5.69 Å². The second-order valence-corrected chi connectivity index (χ2v) is 2.32. The highest BCUT2D eigenvalue weighted by atomic mass is 32.1. The van der Waals surface area contributed by atoms with Crippen LogP contribution in [0.2, 0.25) is 0 Å². The molecular weight excluding hydrogens is 162 g/mol. The van der Waals surface area contributed by atoms with Crippen molar-refractivity contribution in [3.8, 4) is 0 Å². The van der Waals surface area contributed by atoms with Gasteiger partial charge in [0.1, 0.15) is 0 Å². The molecule has 0 saturated carbocycles. The van der Waals surface area contributed by atoms with Crippen LogP contribution in [0.3, 0.4) is 0 Å². The number of hydrogen-bond donors (Lipinski definition) is 0. The Kier molecular flexibility index (Phi) is 2.48. The van der Waals surface area contributed by atoms with Crippen molar-refractivity contribution < 1.29 is 4.92 Å². The van der Waals surface area contributed by atoms with Gasteiger partial charge in [0.15, 0.2) is 0 Å². The summed E-state index contributed by atoms with van der Waals surface area (Å²) in [5.74, 6) is 0.289. The summed E-state index contributed by atoms with van der Waals surface area (Å²) in [6.45, 7) is 0. The molecule has 0 aliphatic carbocycles. The predicted molar refractivity (Wildman–Crippen MR) is 44.4 cm³/mol. The van der Waals surface area contributed by atoms with Crippen LogP contribution in [0.5, 0.6) is 0 Å². The molecule has 0 spiro atoms. The van der Waals surface area contributed by atoms with E-state index in [1.807, 2.05) is 0 Å². The Hall–Kier alpha value is -1.03. The van der Waals surface area contributed by atoms with Crippen LogP contribution in [0.25, 0.3) is 0 Å². The van der Waals surface area contributed by atoms with Crippen LogP contribution in [-0.2, 0) is 5.75 Å². The average Bonchev–Trinajstić information content (AvgIpc) is 2.04. The molecule has 0 saturated heterocycles. The topological polar surface area (TPSA) is 43.1 Å². The van der Waals surface area contributed by atoms with Gasteiger partial charge < -0.3 is 0 Å². The van der Waals surface area contributed by atoms with Gasteiger partial charge in [-0.15, -0.1) is 0 Å². The summed E-state index contributed by atoms with van der Waals surface area (Å²) in [7, 11) is 0. The van der Waals surface area contributed by atoms with Crippen LogP contribution in [0.15, 0.2) is 24.3 Å². The largest absolute Gasteiger partial charge is 0.273 e. The third kappa shape index (κ3) is 1.71. The Bertz CT molecular complexity index is 275. The lowest BCUT2D eigenvalue weighted by molar-refractivity contribution is -0.385. The van der Waals surface area contributed by atoms with E-state index in [2.05, 4.69) is 0 Å². The molecule has 0 bridgehead atoms. The number of para-hydroxylation sites is 1. The van der Waals surface area contributed by atoms with Crippen molar-refractivity contribution in [2.45, 2.75) is 5.75 Å². The van der Waals surface area contributed by atoms with Crippen molar-refractivity contribution in [1.82, 2.24) is 0 Å². The van der Waals surface area contributed by atoms with E-state index in [1.165, 1.54) is 6.07 Å². The Morgan fingerprint density at radius 2 is 2.09 bits per heavy atom. The molecule has 0 heterocycles. The molecular formula is C7H6NO2S. The fourth-order valence-corrected chi connectivity index (χ4v) is 1.06. The molecule has 0 aliphatic rings. The van der Waals surface area contributed by atoms with Gasteiger partial charge in [-0.1, -0.05) is 30.8 Å². The predicted octanol–water partition coefficient (Wildman–Crippen LogP) is 2.29. The average molecular weight is 168 g/mol. The molecule has 1 aromatic rings. The van der Waals surface area contributed by atoms with Gasteiger partial charge in [-0.3, -0.25) is 10.1 Å². The molecule has 0 fully saturated rings. The molecule has 11 heavy (non-hydrogen) atoms. The molecule has 0 amide bonds. The second-order valence-electron chi connectivity index (χ2n) is 2.03. The third-order valence-corrected chi connectivity index (χ3v) is 1.65. The lowest BCUT2D eigenvalue weighted by Gasteiger charge is -1.95. The number of rotatable bonds is 2. The van der Waals surface area contributed by atoms with Crippen LogP contribution in [0.1, 0.15) is 5.56 Å². The SMILES string of the molecule is O=[N+]([O-])c1ccccc1C[S]. The standard InChI is InChI=1S/C7H6NO2S/c9-8(10)7-4-2-1-3-6(7)5-11/h1-4H,5H2. The summed E-state index contributed by atoms with van der Waals surface area (Å²) in [4.78, 5) is 9.92. The Morgan fingerprint density at radius 3 is 2.55 bits per heavy atom. The van der Waals surface area contributed by atoms with E-state index in [4.69, 9.17) is 12.6 Å². The molecule has 1 rings (SSSR count). The lowest BCUT2D eigenvalue weighted by atomic mass is 10.2. The van der Waals surface area contributed by atoms with Crippen molar-refractivity contribution in [2.24, 2.45) is 0 Å². The molecule has 1 radical (unpaired) electrons. The molecule has 57 valence electrons. The maximum absolute atomic E-state index is 10.3. The first-order valence-electron chi connectivity index (χ1n) is 3.06. The number of hydrogen-bond acceptors (Lipinski definition) is 2. The minimum atomic E-state index is -0.415. The Labute approximate surface area is 69.6 Å². The molecule has 4 heteroatoms. The first-order valence-corrected chi connectivity index (χ1v) is 3.64. The van der Waals surface area contributed by atoms with E-state index in [1.54, 1.807) is 18.2 Å². The van der Waals surface area contributed by atoms with Gasteiger partial charge in [-0.25, -0.2) is 0 Å². The molecule has 0 N–H and O–H groups in total. The maximum Gasteiger partial charge on any atom is 0.273 e. The second kappa shape index (κ2) is 3.39. The maximum atomic E-state index is 10.3. The quantitative estimate of drug-likeness (QED) is 0.502. The zero-order valence-corrected chi connectivity index (χ0v) is 6.50. The fourth-order valence-electron chi connectivity index (χ4n) is 0.811. The number of nitro groups is 1. The highest BCUT2D eigenvalue weighted by Gasteiger charge is 2.09. The van der Waals surface area contributed by atoms with Crippen molar-refractivity contribution in [3.63, 3.8) is 0 Å². The van der Waals surface area contributed by atoms with Crippen LogP contribution < -0.4 is 0 Å². The van der Waals surface area contributed by atoms with Crippen molar-refractivity contribution in [3.05, 3.63) is 39.9 Å². The Morgan fingerprint density at radius 1 is 1.45 bits per heavy atom. The first-order chi connectivity index (χ1) is 5.25. The lowest BCUT2D eigenvalue weighted by Crippen LogP contribution is -1.91. The molecule has 1 aromatic carbocycles. The van der Waals surface area contributed by atoms with Gasteiger partial charge in [0.05, 0.1) is 4.92 Å². The van der Waals surface area contributed by atoms with Crippen LogP contribution in [0, 0.1) is 10.1 Å². The zero-order chi connectivity index (χ0) is 8.27. The highest BCUT2D eigenvalue weighted by molar-refractivity contribution is 7.79. The molecule has 0 atom stereocenters. The van der Waals surface area contributed by atoms with E-state index in [-0.39, 0.29) is 11.4 Å². The summed E-state index contributed by atoms with van der Waals surface area (Å²) in [5.41, 5.74) is 0.718. The Balaban J connectivity index is 3.12. The number of nitro benzene ring substituents is 1.